The Kier molecular flexibility index (Phi) is 7.47. The van der Waals surface area contributed by atoms with Crippen molar-refractivity contribution in [2.75, 3.05) is 28.7 Å². The number of benzene rings is 2. The molecule has 0 atom stereocenters. The molecule has 2 N–H and O–H groups in total. The van der Waals surface area contributed by atoms with E-state index in [4.69, 9.17) is 4.74 Å². The van der Waals surface area contributed by atoms with E-state index in [-0.39, 0.29) is 25.0 Å². The Bertz CT molecular complexity index is 909. The number of esters is 1. The second-order valence-electron chi connectivity index (χ2n) is 6.18. The Balaban J connectivity index is 2.08. The zero-order chi connectivity index (χ0) is 21.4. The summed E-state index contributed by atoms with van der Waals surface area (Å²) in [6.07, 6.45) is 0. The maximum atomic E-state index is 12.4. The zero-order valence-corrected chi connectivity index (χ0v) is 16.5. The number of rotatable bonds is 7. The van der Waals surface area contributed by atoms with E-state index in [2.05, 4.69) is 10.6 Å². The molecule has 0 saturated heterocycles. The quantitative estimate of drug-likeness (QED) is 0.699. The smallest absolute Gasteiger partial charge is 0.338 e. The molecule has 2 aromatic carbocycles. The van der Waals surface area contributed by atoms with Crippen molar-refractivity contribution in [3.05, 3.63) is 54.1 Å². The lowest BCUT2D eigenvalue weighted by molar-refractivity contribution is -0.120. The molecule has 8 nitrogen and oxygen atoms in total. The lowest BCUT2D eigenvalue weighted by Gasteiger charge is -2.21. The number of hydrogen-bond donors (Lipinski definition) is 2. The molecule has 0 aliphatic heterocycles. The van der Waals surface area contributed by atoms with Gasteiger partial charge in [0, 0.05) is 30.9 Å². The SMILES string of the molecule is CCOC(=O)c1ccc(N(CC(=O)Nc2cccc(NC(C)=O)c2)C(C)=O)cc1. The van der Waals surface area contributed by atoms with Gasteiger partial charge in [-0.3, -0.25) is 14.4 Å². The van der Waals surface area contributed by atoms with Crippen LogP contribution in [0.25, 0.3) is 0 Å². The van der Waals surface area contributed by atoms with Crippen molar-refractivity contribution in [2.24, 2.45) is 0 Å². The number of anilines is 3. The summed E-state index contributed by atoms with van der Waals surface area (Å²) in [7, 11) is 0. The maximum Gasteiger partial charge on any atom is 0.338 e. The lowest BCUT2D eigenvalue weighted by Crippen LogP contribution is -2.36. The third-order valence-corrected chi connectivity index (χ3v) is 3.84. The molecule has 0 aliphatic rings. The summed E-state index contributed by atoms with van der Waals surface area (Å²) < 4.78 is 4.93. The number of carbonyl (C=O) groups is 4. The average Bonchev–Trinajstić information content (AvgIpc) is 2.66. The van der Waals surface area contributed by atoms with Gasteiger partial charge < -0.3 is 20.3 Å². The third-order valence-electron chi connectivity index (χ3n) is 3.84. The predicted molar refractivity (Wildman–Crippen MR) is 110 cm³/mol. The summed E-state index contributed by atoms with van der Waals surface area (Å²) in [5.74, 6) is -1.40. The lowest BCUT2D eigenvalue weighted by atomic mass is 10.2. The maximum absolute atomic E-state index is 12.4. The first-order chi connectivity index (χ1) is 13.8. The number of nitrogens with zero attached hydrogens (tertiary/aromatic N) is 1. The van der Waals surface area contributed by atoms with Crippen LogP contribution in [0.3, 0.4) is 0 Å². The van der Waals surface area contributed by atoms with Crippen LogP contribution in [0.15, 0.2) is 48.5 Å². The van der Waals surface area contributed by atoms with E-state index in [9.17, 15) is 19.2 Å². The highest BCUT2D eigenvalue weighted by Gasteiger charge is 2.17. The van der Waals surface area contributed by atoms with Gasteiger partial charge in [-0.15, -0.1) is 0 Å². The summed E-state index contributed by atoms with van der Waals surface area (Å²) in [5, 5.41) is 5.33. The number of amides is 3. The molecule has 0 fully saturated rings. The van der Waals surface area contributed by atoms with Crippen molar-refractivity contribution >= 4 is 40.8 Å². The molecular formula is C21H23N3O5. The second kappa shape index (κ2) is 10.0. The second-order valence-corrected chi connectivity index (χ2v) is 6.18. The van der Waals surface area contributed by atoms with Gasteiger partial charge >= 0.3 is 5.97 Å². The van der Waals surface area contributed by atoms with Gasteiger partial charge in [0.2, 0.25) is 17.7 Å². The molecule has 0 heterocycles. The van der Waals surface area contributed by atoms with Crippen molar-refractivity contribution < 1.29 is 23.9 Å². The Morgan fingerprint density at radius 3 is 2.10 bits per heavy atom. The summed E-state index contributed by atoms with van der Waals surface area (Å²) in [6.45, 7) is 4.52. The zero-order valence-electron chi connectivity index (χ0n) is 16.5. The molecule has 2 rings (SSSR count). The number of ether oxygens (including phenoxy) is 1. The van der Waals surface area contributed by atoms with Crippen molar-refractivity contribution in [3.8, 4) is 0 Å². The number of carbonyl (C=O) groups excluding carboxylic acids is 4. The van der Waals surface area contributed by atoms with Gasteiger partial charge in [-0.05, 0) is 49.4 Å². The molecule has 0 radical (unpaired) electrons. The van der Waals surface area contributed by atoms with Crippen LogP contribution in [0.1, 0.15) is 31.1 Å². The van der Waals surface area contributed by atoms with Crippen LogP contribution in [0, 0.1) is 0 Å². The molecule has 152 valence electrons. The van der Waals surface area contributed by atoms with Gasteiger partial charge in [-0.25, -0.2) is 4.79 Å². The average molecular weight is 397 g/mol. The van der Waals surface area contributed by atoms with E-state index in [1.807, 2.05) is 0 Å². The largest absolute Gasteiger partial charge is 0.462 e. The molecule has 0 aromatic heterocycles. The molecule has 3 amide bonds. The van der Waals surface area contributed by atoms with E-state index in [0.29, 0.717) is 22.6 Å². The summed E-state index contributed by atoms with van der Waals surface area (Å²) in [5.41, 5.74) is 1.88. The monoisotopic (exact) mass is 397 g/mol. The molecule has 2 aromatic rings. The van der Waals surface area contributed by atoms with Gasteiger partial charge in [0.15, 0.2) is 0 Å². The molecule has 0 spiro atoms. The standard InChI is InChI=1S/C21H23N3O5/c1-4-29-21(28)16-8-10-19(11-9-16)24(15(3)26)13-20(27)23-18-7-5-6-17(12-18)22-14(2)25/h5-12H,4,13H2,1-3H3,(H,22,25)(H,23,27). The van der Waals surface area contributed by atoms with E-state index in [1.165, 1.54) is 30.9 Å². The molecule has 0 saturated carbocycles. The number of hydrogen-bond acceptors (Lipinski definition) is 5. The van der Waals surface area contributed by atoms with Crippen LogP contribution in [0.4, 0.5) is 17.1 Å². The van der Waals surface area contributed by atoms with Gasteiger partial charge in [0.05, 0.1) is 12.2 Å². The van der Waals surface area contributed by atoms with Gasteiger partial charge in [0.1, 0.15) is 6.54 Å². The molecule has 0 unspecified atom stereocenters. The highest BCUT2D eigenvalue weighted by Crippen LogP contribution is 2.18. The topological polar surface area (TPSA) is 105 Å². The van der Waals surface area contributed by atoms with Gasteiger partial charge in [0.25, 0.3) is 0 Å². The van der Waals surface area contributed by atoms with E-state index in [0.717, 1.165) is 0 Å². The highest BCUT2D eigenvalue weighted by molar-refractivity contribution is 6.02. The summed E-state index contributed by atoms with van der Waals surface area (Å²) in [6, 6.07) is 12.9. The van der Waals surface area contributed by atoms with Gasteiger partial charge in [-0.1, -0.05) is 6.07 Å². The minimum Gasteiger partial charge on any atom is -0.462 e. The Morgan fingerprint density at radius 1 is 0.931 bits per heavy atom. The fourth-order valence-corrected chi connectivity index (χ4v) is 2.60. The molecular weight excluding hydrogens is 374 g/mol. The molecule has 8 heteroatoms. The van der Waals surface area contributed by atoms with Crippen molar-refractivity contribution in [3.63, 3.8) is 0 Å². The van der Waals surface area contributed by atoms with Crippen LogP contribution < -0.4 is 15.5 Å². The van der Waals surface area contributed by atoms with Crippen molar-refractivity contribution in [1.82, 2.24) is 0 Å². The molecule has 0 bridgehead atoms. The van der Waals surface area contributed by atoms with E-state index < -0.39 is 11.9 Å². The van der Waals surface area contributed by atoms with Crippen LogP contribution in [0.5, 0.6) is 0 Å². The minimum absolute atomic E-state index is 0.210. The van der Waals surface area contributed by atoms with Crippen LogP contribution >= 0.6 is 0 Å². The molecule has 29 heavy (non-hydrogen) atoms. The highest BCUT2D eigenvalue weighted by atomic mass is 16.5. The van der Waals surface area contributed by atoms with Crippen LogP contribution in [-0.2, 0) is 19.1 Å². The summed E-state index contributed by atoms with van der Waals surface area (Å²) >= 11 is 0. The number of nitrogens with one attached hydrogen (secondary N) is 2. The fraction of sp³-hybridized carbons (Fsp3) is 0.238. The predicted octanol–water partition coefficient (Wildman–Crippen LogP) is 2.81. The molecule has 0 aliphatic carbocycles. The first-order valence-electron chi connectivity index (χ1n) is 9.03. The van der Waals surface area contributed by atoms with Gasteiger partial charge in [-0.2, -0.15) is 0 Å². The van der Waals surface area contributed by atoms with E-state index >= 15 is 0 Å². The van der Waals surface area contributed by atoms with Crippen LogP contribution in [-0.4, -0.2) is 36.8 Å². The minimum atomic E-state index is -0.453. The third kappa shape index (κ3) is 6.46. The van der Waals surface area contributed by atoms with Crippen molar-refractivity contribution in [1.29, 1.82) is 0 Å². The first-order valence-corrected chi connectivity index (χ1v) is 9.03. The van der Waals surface area contributed by atoms with Crippen molar-refractivity contribution in [2.45, 2.75) is 20.8 Å². The van der Waals surface area contributed by atoms with E-state index in [1.54, 1.807) is 43.3 Å². The summed E-state index contributed by atoms with van der Waals surface area (Å²) in [4.78, 5) is 48.7. The Morgan fingerprint density at radius 2 is 1.55 bits per heavy atom. The fourth-order valence-electron chi connectivity index (χ4n) is 2.60. The first kappa shape index (κ1) is 21.6. The Hall–Kier alpha value is -3.68. The van der Waals surface area contributed by atoms with Crippen LogP contribution in [0.2, 0.25) is 0 Å². The Labute approximate surface area is 168 Å². The normalized spacial score (nSPS) is 10.0.